The fourth-order valence-electron chi connectivity index (χ4n) is 4.58. The number of fused-ring (bicyclic) bond motifs is 1. The van der Waals surface area contributed by atoms with Gasteiger partial charge in [0.15, 0.2) is 0 Å². The van der Waals surface area contributed by atoms with Crippen molar-refractivity contribution in [2.45, 2.75) is 49.6 Å². The van der Waals surface area contributed by atoms with Crippen molar-refractivity contribution in [1.29, 1.82) is 0 Å². The monoisotopic (exact) mass is 523 g/mol. The summed E-state index contributed by atoms with van der Waals surface area (Å²) in [6.07, 6.45) is 2.05. The summed E-state index contributed by atoms with van der Waals surface area (Å²) in [6, 6.07) is 20.0. The highest BCUT2D eigenvalue weighted by atomic mass is 32.2. The van der Waals surface area contributed by atoms with Crippen LogP contribution in [-0.4, -0.2) is 31.4 Å². The van der Waals surface area contributed by atoms with Gasteiger partial charge in [0.25, 0.3) is 15.7 Å². The van der Waals surface area contributed by atoms with Gasteiger partial charge in [0.05, 0.1) is 21.5 Å². The molecule has 0 bridgehead atoms. The van der Waals surface area contributed by atoms with Gasteiger partial charge in [-0.05, 0) is 43.2 Å². The summed E-state index contributed by atoms with van der Waals surface area (Å²) in [5.74, 6) is 0.201. The molecule has 0 aliphatic carbocycles. The zero-order valence-electron chi connectivity index (χ0n) is 20.7. The smallest absolute Gasteiger partial charge is 0.269 e. The number of sulfonamides is 1. The Labute approximate surface area is 216 Å². The molecule has 9 nitrogen and oxygen atoms in total. The van der Waals surface area contributed by atoms with Crippen LogP contribution in [0.25, 0.3) is 0 Å². The standard InChI is InChI=1S/C27H29N3O6S/c1-3-27(4-2)18-24(23-12-8-9-13-25(23)36-27)28-26(31)19-29(20-14-16-21(17-15-20)30(32)33)37(34,35)22-10-6-5-7-11-22/h5-17,24H,3-4,18-19H2,1-2H3,(H,28,31)/t24-/m0/s1. The molecule has 0 aromatic heterocycles. The second-order valence-electron chi connectivity index (χ2n) is 8.95. The van der Waals surface area contributed by atoms with Crippen LogP contribution in [0, 0.1) is 10.1 Å². The lowest BCUT2D eigenvalue weighted by molar-refractivity contribution is -0.384. The number of anilines is 1. The van der Waals surface area contributed by atoms with Crippen LogP contribution in [0.3, 0.4) is 0 Å². The molecule has 1 atom stereocenters. The average molecular weight is 524 g/mol. The zero-order valence-corrected chi connectivity index (χ0v) is 21.5. The molecule has 1 aliphatic rings. The molecule has 1 aliphatic heterocycles. The van der Waals surface area contributed by atoms with Crippen molar-refractivity contribution < 1.29 is 22.9 Å². The van der Waals surface area contributed by atoms with E-state index in [4.69, 9.17) is 4.74 Å². The van der Waals surface area contributed by atoms with Crippen molar-refractivity contribution >= 4 is 27.3 Å². The highest BCUT2D eigenvalue weighted by Crippen LogP contribution is 2.42. The molecule has 0 radical (unpaired) electrons. The van der Waals surface area contributed by atoms with Gasteiger partial charge in [-0.1, -0.05) is 50.2 Å². The van der Waals surface area contributed by atoms with Crippen molar-refractivity contribution in [3.05, 3.63) is 94.5 Å². The second kappa shape index (κ2) is 10.6. The Bertz CT molecular complexity index is 1370. The number of non-ortho nitro benzene ring substituents is 1. The fourth-order valence-corrected chi connectivity index (χ4v) is 6.02. The number of benzene rings is 3. The van der Waals surface area contributed by atoms with E-state index >= 15 is 0 Å². The van der Waals surface area contributed by atoms with Crippen molar-refractivity contribution in [2.24, 2.45) is 0 Å². The summed E-state index contributed by atoms with van der Waals surface area (Å²) >= 11 is 0. The minimum Gasteiger partial charge on any atom is -0.487 e. The Kier molecular flexibility index (Phi) is 7.49. The fraction of sp³-hybridized carbons (Fsp3) is 0.296. The molecule has 1 N–H and O–H groups in total. The third kappa shape index (κ3) is 5.43. The van der Waals surface area contributed by atoms with Crippen LogP contribution in [0.5, 0.6) is 5.75 Å². The number of para-hydroxylation sites is 1. The number of nitrogens with zero attached hydrogens (tertiary/aromatic N) is 2. The van der Waals surface area contributed by atoms with Crippen LogP contribution in [0.15, 0.2) is 83.8 Å². The van der Waals surface area contributed by atoms with E-state index in [2.05, 4.69) is 5.32 Å². The molecule has 0 spiro atoms. The van der Waals surface area contributed by atoms with Crippen LogP contribution < -0.4 is 14.4 Å². The molecule has 3 aromatic carbocycles. The zero-order chi connectivity index (χ0) is 26.6. The maximum atomic E-state index is 13.6. The highest BCUT2D eigenvalue weighted by molar-refractivity contribution is 7.92. The van der Waals surface area contributed by atoms with E-state index < -0.39 is 33.0 Å². The van der Waals surface area contributed by atoms with E-state index in [1.165, 1.54) is 36.4 Å². The Morgan fingerprint density at radius 1 is 1.03 bits per heavy atom. The third-order valence-electron chi connectivity index (χ3n) is 6.79. The lowest BCUT2D eigenvalue weighted by Crippen LogP contribution is -2.47. The van der Waals surface area contributed by atoms with Gasteiger partial charge in [-0.2, -0.15) is 0 Å². The number of nitro benzene ring substituents is 1. The summed E-state index contributed by atoms with van der Waals surface area (Å²) in [5, 5.41) is 14.1. The van der Waals surface area contributed by atoms with Crippen LogP contribution in [0.1, 0.15) is 44.7 Å². The molecular formula is C27H29N3O6S. The Morgan fingerprint density at radius 3 is 2.27 bits per heavy atom. The lowest BCUT2D eigenvalue weighted by atomic mass is 9.83. The summed E-state index contributed by atoms with van der Waals surface area (Å²) in [5.41, 5.74) is 0.356. The molecule has 37 heavy (non-hydrogen) atoms. The number of nitro groups is 1. The molecular weight excluding hydrogens is 494 g/mol. The molecule has 0 fully saturated rings. The molecule has 10 heteroatoms. The second-order valence-corrected chi connectivity index (χ2v) is 10.8. The van der Waals surface area contributed by atoms with E-state index in [1.54, 1.807) is 18.2 Å². The van der Waals surface area contributed by atoms with Gasteiger partial charge in [0, 0.05) is 24.1 Å². The first-order valence-electron chi connectivity index (χ1n) is 12.1. The van der Waals surface area contributed by atoms with Crippen molar-refractivity contribution in [3.8, 4) is 5.75 Å². The predicted octanol–water partition coefficient (Wildman–Crippen LogP) is 4.99. The van der Waals surface area contributed by atoms with Crippen LogP contribution in [0.2, 0.25) is 0 Å². The molecule has 4 rings (SSSR count). The number of carbonyl (C=O) groups excluding carboxylic acids is 1. The highest BCUT2D eigenvalue weighted by Gasteiger charge is 2.39. The van der Waals surface area contributed by atoms with Gasteiger partial charge in [-0.3, -0.25) is 19.2 Å². The Hall–Kier alpha value is -3.92. The number of carbonyl (C=O) groups is 1. The van der Waals surface area contributed by atoms with E-state index in [0.29, 0.717) is 12.2 Å². The summed E-state index contributed by atoms with van der Waals surface area (Å²) in [7, 11) is -4.14. The average Bonchev–Trinajstić information content (AvgIpc) is 2.92. The number of amides is 1. The molecule has 1 amide bonds. The van der Waals surface area contributed by atoms with Crippen molar-refractivity contribution in [2.75, 3.05) is 10.8 Å². The predicted molar refractivity (Wildman–Crippen MR) is 140 cm³/mol. The molecule has 0 saturated heterocycles. The first-order chi connectivity index (χ1) is 17.7. The first-order valence-corrected chi connectivity index (χ1v) is 13.5. The topological polar surface area (TPSA) is 119 Å². The van der Waals surface area contributed by atoms with Gasteiger partial charge < -0.3 is 10.1 Å². The summed E-state index contributed by atoms with van der Waals surface area (Å²) in [6.45, 7) is 3.58. The molecule has 1 heterocycles. The number of rotatable bonds is 9. The number of ether oxygens (including phenoxy) is 1. The maximum Gasteiger partial charge on any atom is 0.269 e. The lowest BCUT2D eigenvalue weighted by Gasteiger charge is -2.41. The number of hydrogen-bond donors (Lipinski definition) is 1. The van der Waals surface area contributed by atoms with Crippen LogP contribution >= 0.6 is 0 Å². The molecule has 194 valence electrons. The SMILES string of the molecule is CCC1(CC)C[C@H](NC(=O)CN(c2ccc([N+](=O)[O-])cc2)S(=O)(=O)c2ccccc2)c2ccccc2O1. The van der Waals surface area contributed by atoms with Gasteiger partial charge in [-0.25, -0.2) is 8.42 Å². The van der Waals surface area contributed by atoms with Crippen molar-refractivity contribution in [3.63, 3.8) is 0 Å². The summed E-state index contributed by atoms with van der Waals surface area (Å²) < 4.78 is 34.4. The van der Waals surface area contributed by atoms with Gasteiger partial charge >= 0.3 is 0 Å². The maximum absolute atomic E-state index is 13.6. The van der Waals surface area contributed by atoms with E-state index in [0.717, 1.165) is 22.7 Å². The van der Waals surface area contributed by atoms with E-state index in [-0.39, 0.29) is 22.3 Å². The van der Waals surface area contributed by atoms with Gasteiger partial charge in [0.2, 0.25) is 5.91 Å². The third-order valence-corrected chi connectivity index (χ3v) is 8.58. The largest absolute Gasteiger partial charge is 0.487 e. The molecule has 3 aromatic rings. The Morgan fingerprint density at radius 2 is 1.65 bits per heavy atom. The van der Waals surface area contributed by atoms with Crippen LogP contribution in [0.4, 0.5) is 11.4 Å². The van der Waals surface area contributed by atoms with Gasteiger partial charge in [-0.15, -0.1) is 0 Å². The Balaban J connectivity index is 1.66. The van der Waals surface area contributed by atoms with Crippen LogP contribution in [-0.2, 0) is 14.8 Å². The van der Waals surface area contributed by atoms with Gasteiger partial charge in [0.1, 0.15) is 17.9 Å². The number of nitrogens with one attached hydrogen (secondary N) is 1. The summed E-state index contributed by atoms with van der Waals surface area (Å²) in [4.78, 5) is 23.9. The minimum absolute atomic E-state index is 0.00791. The quantitative estimate of drug-likeness (QED) is 0.312. The molecule has 0 unspecified atom stereocenters. The van der Waals surface area contributed by atoms with E-state index in [9.17, 15) is 23.3 Å². The first kappa shape index (κ1) is 26.2. The molecule has 0 saturated carbocycles. The van der Waals surface area contributed by atoms with E-state index in [1.807, 2.05) is 38.1 Å². The number of hydrogen-bond acceptors (Lipinski definition) is 6. The normalized spacial score (nSPS) is 16.2. The van der Waals surface area contributed by atoms with Crippen molar-refractivity contribution in [1.82, 2.24) is 5.32 Å². The minimum atomic E-state index is -4.14.